The Balaban J connectivity index is 1.75. The number of carbonyl (C=O) groups is 1. The van der Waals surface area contributed by atoms with Gasteiger partial charge in [0.1, 0.15) is 6.04 Å². The molecule has 1 aromatic rings. The Morgan fingerprint density at radius 2 is 2.28 bits per heavy atom. The van der Waals surface area contributed by atoms with Gasteiger partial charge in [0, 0.05) is 30.2 Å². The van der Waals surface area contributed by atoms with E-state index in [1.165, 1.54) is 0 Å². The zero-order valence-electron chi connectivity index (χ0n) is 10.7. The molecule has 1 atom stereocenters. The summed E-state index contributed by atoms with van der Waals surface area (Å²) in [7, 11) is 0. The topological polar surface area (TPSA) is 45.2 Å². The molecule has 4 heteroatoms. The first-order valence-corrected chi connectivity index (χ1v) is 6.74. The summed E-state index contributed by atoms with van der Waals surface area (Å²) >= 11 is 0. The molecule has 0 spiro atoms. The van der Waals surface area contributed by atoms with Crippen LogP contribution in [0.25, 0.3) is 0 Å². The number of hydrogen-bond donors (Lipinski definition) is 1. The fraction of sp³-hybridized carbons (Fsp3) is 0.571. The number of pyridine rings is 1. The van der Waals surface area contributed by atoms with Crippen molar-refractivity contribution in [2.24, 2.45) is 0 Å². The zero-order chi connectivity index (χ0) is 12.5. The van der Waals surface area contributed by atoms with Crippen LogP contribution >= 0.6 is 0 Å². The smallest absolute Gasteiger partial charge is 0.242 e. The summed E-state index contributed by atoms with van der Waals surface area (Å²) in [5.41, 5.74) is 2.12. The van der Waals surface area contributed by atoms with Crippen molar-refractivity contribution in [3.8, 4) is 0 Å². The van der Waals surface area contributed by atoms with Crippen LogP contribution in [0.3, 0.4) is 0 Å². The maximum absolute atomic E-state index is 12.2. The molecular weight excluding hydrogens is 226 g/mol. The van der Waals surface area contributed by atoms with Gasteiger partial charge in [-0.2, -0.15) is 0 Å². The zero-order valence-corrected chi connectivity index (χ0v) is 10.7. The van der Waals surface area contributed by atoms with Gasteiger partial charge in [0.15, 0.2) is 0 Å². The Hall–Kier alpha value is -1.58. The van der Waals surface area contributed by atoms with Crippen LogP contribution in [0.5, 0.6) is 0 Å². The average molecular weight is 245 g/mol. The lowest BCUT2D eigenvalue weighted by molar-refractivity contribution is -0.122. The minimum absolute atomic E-state index is 0.00685. The monoisotopic (exact) mass is 245 g/mol. The summed E-state index contributed by atoms with van der Waals surface area (Å²) in [4.78, 5) is 18.6. The largest absolute Gasteiger partial charge is 0.359 e. The fourth-order valence-electron chi connectivity index (χ4n) is 2.58. The van der Waals surface area contributed by atoms with E-state index in [2.05, 4.69) is 21.3 Å². The van der Waals surface area contributed by atoms with Crippen molar-refractivity contribution in [3.63, 3.8) is 0 Å². The molecule has 1 N–H and O–H groups in total. The molecule has 2 aliphatic rings. The fourth-order valence-corrected chi connectivity index (χ4v) is 2.58. The number of nitrogens with zero attached hydrogens (tertiary/aromatic N) is 2. The number of aryl methyl sites for hydroxylation is 1. The third-order valence-electron chi connectivity index (χ3n) is 3.69. The Kier molecular flexibility index (Phi) is 2.94. The van der Waals surface area contributed by atoms with E-state index < -0.39 is 0 Å². The molecule has 1 saturated heterocycles. The van der Waals surface area contributed by atoms with E-state index in [1.54, 1.807) is 0 Å². The summed E-state index contributed by atoms with van der Waals surface area (Å²) in [6.45, 7) is 2.95. The van der Waals surface area contributed by atoms with E-state index in [0.29, 0.717) is 6.04 Å². The van der Waals surface area contributed by atoms with Crippen molar-refractivity contribution in [1.82, 2.24) is 10.3 Å². The first kappa shape index (κ1) is 11.5. The van der Waals surface area contributed by atoms with Crippen molar-refractivity contribution in [2.45, 2.75) is 44.7 Å². The first-order chi connectivity index (χ1) is 8.74. The van der Waals surface area contributed by atoms with E-state index in [-0.39, 0.29) is 11.9 Å². The second-order valence-corrected chi connectivity index (χ2v) is 5.29. The van der Waals surface area contributed by atoms with E-state index in [9.17, 15) is 4.79 Å². The molecule has 1 amide bonds. The molecule has 1 saturated carbocycles. The van der Waals surface area contributed by atoms with Gasteiger partial charge in [-0.15, -0.1) is 0 Å². The Bertz CT molecular complexity index is 456. The maximum Gasteiger partial charge on any atom is 0.242 e. The van der Waals surface area contributed by atoms with Crippen LogP contribution in [0.1, 0.15) is 31.4 Å². The van der Waals surface area contributed by atoms with E-state index >= 15 is 0 Å². The number of aromatic nitrogens is 1. The third kappa shape index (κ3) is 2.33. The van der Waals surface area contributed by atoms with Gasteiger partial charge in [-0.05, 0) is 44.7 Å². The van der Waals surface area contributed by atoms with Gasteiger partial charge in [0.05, 0.1) is 0 Å². The highest BCUT2D eigenvalue weighted by atomic mass is 16.2. The van der Waals surface area contributed by atoms with Crippen LogP contribution in [0.15, 0.2) is 18.3 Å². The second kappa shape index (κ2) is 4.59. The number of amides is 1. The quantitative estimate of drug-likeness (QED) is 0.880. The van der Waals surface area contributed by atoms with Crippen LogP contribution in [0.4, 0.5) is 5.69 Å². The molecule has 0 aromatic carbocycles. The van der Waals surface area contributed by atoms with Crippen LogP contribution in [-0.4, -0.2) is 29.5 Å². The van der Waals surface area contributed by atoms with Gasteiger partial charge >= 0.3 is 0 Å². The molecule has 96 valence electrons. The van der Waals surface area contributed by atoms with Crippen LogP contribution in [0.2, 0.25) is 0 Å². The van der Waals surface area contributed by atoms with Gasteiger partial charge in [0.25, 0.3) is 0 Å². The molecule has 3 rings (SSSR count). The molecule has 1 unspecified atom stereocenters. The molecule has 1 aromatic heterocycles. The van der Waals surface area contributed by atoms with E-state index in [1.807, 2.05) is 19.2 Å². The SMILES string of the molecule is Cc1cc(N2CCCC2C(=O)NC2CC2)ccn1. The lowest BCUT2D eigenvalue weighted by atomic mass is 10.2. The molecule has 4 nitrogen and oxygen atoms in total. The van der Waals surface area contributed by atoms with Crippen molar-refractivity contribution in [1.29, 1.82) is 0 Å². The van der Waals surface area contributed by atoms with Gasteiger partial charge in [0.2, 0.25) is 5.91 Å². The van der Waals surface area contributed by atoms with Crippen molar-refractivity contribution in [2.75, 3.05) is 11.4 Å². The molecule has 1 aliphatic heterocycles. The second-order valence-electron chi connectivity index (χ2n) is 5.29. The van der Waals surface area contributed by atoms with Crippen LogP contribution in [-0.2, 0) is 4.79 Å². The average Bonchev–Trinajstić information content (AvgIpc) is 3.03. The molecule has 18 heavy (non-hydrogen) atoms. The minimum atomic E-state index is 0.00685. The summed E-state index contributed by atoms with van der Waals surface area (Å²) in [5, 5.41) is 3.11. The third-order valence-corrected chi connectivity index (χ3v) is 3.69. The van der Waals surface area contributed by atoms with Crippen molar-refractivity contribution in [3.05, 3.63) is 24.0 Å². The highest BCUT2D eigenvalue weighted by Gasteiger charge is 2.34. The number of carbonyl (C=O) groups excluding carboxylic acids is 1. The predicted molar refractivity (Wildman–Crippen MR) is 70.5 cm³/mol. The van der Waals surface area contributed by atoms with Gasteiger partial charge in [-0.25, -0.2) is 0 Å². The van der Waals surface area contributed by atoms with Gasteiger partial charge < -0.3 is 10.2 Å². The molecule has 0 radical (unpaired) electrons. The Labute approximate surface area is 107 Å². The maximum atomic E-state index is 12.2. The summed E-state index contributed by atoms with van der Waals surface area (Å²) in [5.74, 6) is 0.199. The lowest BCUT2D eigenvalue weighted by Gasteiger charge is -2.26. The molecule has 0 bridgehead atoms. The van der Waals surface area contributed by atoms with E-state index in [4.69, 9.17) is 0 Å². The van der Waals surface area contributed by atoms with E-state index in [0.717, 1.165) is 43.6 Å². The van der Waals surface area contributed by atoms with Gasteiger partial charge in [-0.1, -0.05) is 0 Å². The number of rotatable bonds is 3. The standard InChI is InChI=1S/C14H19N3O/c1-10-9-12(6-7-15-10)17-8-2-3-13(17)14(18)16-11-4-5-11/h6-7,9,11,13H,2-5,8H2,1H3,(H,16,18). The first-order valence-electron chi connectivity index (χ1n) is 6.74. The highest BCUT2D eigenvalue weighted by Crippen LogP contribution is 2.27. The van der Waals surface area contributed by atoms with Gasteiger partial charge in [-0.3, -0.25) is 9.78 Å². The number of anilines is 1. The Morgan fingerprint density at radius 3 is 3.00 bits per heavy atom. The molecule has 2 heterocycles. The van der Waals surface area contributed by atoms with Crippen molar-refractivity contribution < 1.29 is 4.79 Å². The normalized spacial score (nSPS) is 23.2. The minimum Gasteiger partial charge on any atom is -0.359 e. The molecule has 2 fully saturated rings. The van der Waals surface area contributed by atoms with Crippen LogP contribution < -0.4 is 10.2 Å². The summed E-state index contributed by atoms with van der Waals surface area (Å²) < 4.78 is 0. The van der Waals surface area contributed by atoms with Crippen LogP contribution in [0, 0.1) is 6.92 Å². The van der Waals surface area contributed by atoms with Crippen molar-refractivity contribution >= 4 is 11.6 Å². The summed E-state index contributed by atoms with van der Waals surface area (Å²) in [6.07, 6.45) is 6.16. The number of hydrogen-bond acceptors (Lipinski definition) is 3. The molecular formula is C14H19N3O. The highest BCUT2D eigenvalue weighted by molar-refractivity contribution is 5.86. The predicted octanol–water partition coefficient (Wildman–Crippen LogP) is 1.64. The summed E-state index contributed by atoms with van der Waals surface area (Å²) in [6, 6.07) is 4.50. The lowest BCUT2D eigenvalue weighted by Crippen LogP contribution is -2.44. The number of nitrogens with one attached hydrogen (secondary N) is 1. The molecule has 1 aliphatic carbocycles. The Morgan fingerprint density at radius 1 is 1.44 bits per heavy atom.